The SMILES string of the molecule is CCCCN(CCCC)C(=O)CCC(C)CN. The first-order valence-electron chi connectivity index (χ1n) is 7.13. The van der Waals surface area contributed by atoms with E-state index in [1.807, 2.05) is 4.90 Å². The highest BCUT2D eigenvalue weighted by Gasteiger charge is 2.13. The Balaban J connectivity index is 4.02. The molecule has 1 unspecified atom stereocenters. The lowest BCUT2D eigenvalue weighted by Gasteiger charge is -2.23. The molecule has 0 aliphatic carbocycles. The second kappa shape index (κ2) is 10.6. The third-order valence-corrected chi connectivity index (χ3v) is 3.17. The second-order valence-corrected chi connectivity index (χ2v) is 4.97. The standard InChI is InChI=1S/C14H30N2O/c1-4-6-10-16(11-7-5-2)14(17)9-8-13(3)12-15/h13H,4-12,15H2,1-3H3. The van der Waals surface area contributed by atoms with Crippen molar-refractivity contribution in [3.05, 3.63) is 0 Å². The summed E-state index contributed by atoms with van der Waals surface area (Å²) in [7, 11) is 0. The zero-order valence-corrected chi connectivity index (χ0v) is 11.9. The Morgan fingerprint density at radius 2 is 1.71 bits per heavy atom. The molecule has 1 atom stereocenters. The topological polar surface area (TPSA) is 46.3 Å². The van der Waals surface area contributed by atoms with Gasteiger partial charge in [0.1, 0.15) is 0 Å². The van der Waals surface area contributed by atoms with E-state index >= 15 is 0 Å². The van der Waals surface area contributed by atoms with Crippen molar-refractivity contribution >= 4 is 5.91 Å². The van der Waals surface area contributed by atoms with Crippen LogP contribution in [0.3, 0.4) is 0 Å². The fraction of sp³-hybridized carbons (Fsp3) is 0.929. The van der Waals surface area contributed by atoms with Crippen LogP contribution in [-0.4, -0.2) is 30.4 Å². The highest BCUT2D eigenvalue weighted by molar-refractivity contribution is 5.76. The van der Waals surface area contributed by atoms with Gasteiger partial charge in [0.05, 0.1) is 0 Å². The molecule has 0 aliphatic rings. The monoisotopic (exact) mass is 242 g/mol. The van der Waals surface area contributed by atoms with Crippen LogP contribution < -0.4 is 5.73 Å². The Morgan fingerprint density at radius 3 is 2.12 bits per heavy atom. The number of nitrogens with zero attached hydrogens (tertiary/aromatic N) is 1. The van der Waals surface area contributed by atoms with Gasteiger partial charge in [0.15, 0.2) is 0 Å². The van der Waals surface area contributed by atoms with E-state index in [0.29, 0.717) is 24.8 Å². The molecule has 0 aromatic rings. The van der Waals surface area contributed by atoms with Gasteiger partial charge in [-0.2, -0.15) is 0 Å². The van der Waals surface area contributed by atoms with Gasteiger partial charge in [-0.15, -0.1) is 0 Å². The summed E-state index contributed by atoms with van der Waals surface area (Å²) < 4.78 is 0. The Labute approximate surface area is 107 Å². The number of hydrogen-bond acceptors (Lipinski definition) is 2. The van der Waals surface area contributed by atoms with E-state index in [0.717, 1.165) is 45.2 Å². The van der Waals surface area contributed by atoms with Crippen molar-refractivity contribution in [3.63, 3.8) is 0 Å². The van der Waals surface area contributed by atoms with Gasteiger partial charge in [-0.1, -0.05) is 33.6 Å². The predicted molar refractivity (Wildman–Crippen MR) is 73.8 cm³/mol. The van der Waals surface area contributed by atoms with Crippen LogP contribution in [0.15, 0.2) is 0 Å². The number of rotatable bonds is 10. The first kappa shape index (κ1) is 16.4. The van der Waals surface area contributed by atoms with E-state index in [2.05, 4.69) is 20.8 Å². The molecular weight excluding hydrogens is 212 g/mol. The van der Waals surface area contributed by atoms with Crippen LogP contribution >= 0.6 is 0 Å². The fourth-order valence-electron chi connectivity index (χ4n) is 1.70. The quantitative estimate of drug-likeness (QED) is 0.640. The summed E-state index contributed by atoms with van der Waals surface area (Å²) in [5.41, 5.74) is 5.57. The first-order valence-corrected chi connectivity index (χ1v) is 7.13. The number of unbranched alkanes of at least 4 members (excludes halogenated alkanes) is 2. The molecule has 102 valence electrons. The summed E-state index contributed by atoms with van der Waals surface area (Å²) in [5.74, 6) is 0.769. The van der Waals surface area contributed by atoms with Crippen molar-refractivity contribution < 1.29 is 4.79 Å². The summed E-state index contributed by atoms with van der Waals surface area (Å²) >= 11 is 0. The third-order valence-electron chi connectivity index (χ3n) is 3.17. The lowest BCUT2D eigenvalue weighted by Crippen LogP contribution is -2.33. The van der Waals surface area contributed by atoms with Gasteiger partial charge in [-0.05, 0) is 31.7 Å². The maximum absolute atomic E-state index is 12.1. The Hall–Kier alpha value is -0.570. The van der Waals surface area contributed by atoms with Gasteiger partial charge in [0.2, 0.25) is 5.91 Å². The fourth-order valence-corrected chi connectivity index (χ4v) is 1.70. The van der Waals surface area contributed by atoms with Crippen molar-refractivity contribution in [2.75, 3.05) is 19.6 Å². The van der Waals surface area contributed by atoms with E-state index in [9.17, 15) is 4.79 Å². The van der Waals surface area contributed by atoms with Crippen LogP contribution in [0.1, 0.15) is 59.3 Å². The summed E-state index contributed by atoms with van der Waals surface area (Å²) in [5, 5.41) is 0. The molecule has 0 aromatic heterocycles. The number of carbonyl (C=O) groups is 1. The number of nitrogens with two attached hydrogens (primary N) is 1. The average molecular weight is 242 g/mol. The third kappa shape index (κ3) is 8.19. The minimum Gasteiger partial charge on any atom is -0.343 e. The number of hydrogen-bond donors (Lipinski definition) is 1. The Morgan fingerprint density at radius 1 is 1.18 bits per heavy atom. The Bertz CT molecular complexity index is 187. The molecule has 0 radical (unpaired) electrons. The summed E-state index contributed by atoms with van der Waals surface area (Å²) in [6.07, 6.45) is 6.10. The lowest BCUT2D eigenvalue weighted by molar-refractivity contribution is -0.131. The number of amides is 1. The van der Waals surface area contributed by atoms with Crippen molar-refractivity contribution in [2.24, 2.45) is 11.7 Å². The van der Waals surface area contributed by atoms with Crippen molar-refractivity contribution in [2.45, 2.75) is 59.3 Å². The highest BCUT2D eigenvalue weighted by Crippen LogP contribution is 2.08. The maximum atomic E-state index is 12.1. The molecule has 2 N–H and O–H groups in total. The molecule has 0 heterocycles. The molecule has 1 amide bonds. The molecule has 0 spiro atoms. The molecule has 17 heavy (non-hydrogen) atoms. The minimum absolute atomic E-state index is 0.312. The van der Waals surface area contributed by atoms with Crippen molar-refractivity contribution in [1.82, 2.24) is 4.90 Å². The van der Waals surface area contributed by atoms with Crippen LogP contribution in [0, 0.1) is 5.92 Å². The molecule has 0 aromatic carbocycles. The van der Waals surface area contributed by atoms with Gasteiger partial charge in [-0.25, -0.2) is 0 Å². The smallest absolute Gasteiger partial charge is 0.222 e. The van der Waals surface area contributed by atoms with Gasteiger partial charge in [0, 0.05) is 19.5 Å². The molecule has 3 nitrogen and oxygen atoms in total. The summed E-state index contributed by atoms with van der Waals surface area (Å²) in [6.45, 7) is 8.96. The molecule has 0 saturated carbocycles. The van der Waals surface area contributed by atoms with Gasteiger partial charge in [0.25, 0.3) is 0 Å². The van der Waals surface area contributed by atoms with Crippen LogP contribution in [0.25, 0.3) is 0 Å². The molecule has 0 bridgehead atoms. The average Bonchev–Trinajstić information content (AvgIpc) is 2.35. The van der Waals surface area contributed by atoms with E-state index < -0.39 is 0 Å². The number of carbonyl (C=O) groups excluding carboxylic acids is 1. The highest BCUT2D eigenvalue weighted by atomic mass is 16.2. The Kier molecular flexibility index (Phi) is 10.2. The molecule has 0 fully saturated rings. The van der Waals surface area contributed by atoms with Crippen LogP contribution in [0.5, 0.6) is 0 Å². The minimum atomic E-state index is 0.312. The molecule has 0 saturated heterocycles. The van der Waals surface area contributed by atoms with E-state index in [1.165, 1.54) is 0 Å². The van der Waals surface area contributed by atoms with Crippen LogP contribution in [-0.2, 0) is 4.79 Å². The molecule has 0 aliphatic heterocycles. The molecule has 3 heteroatoms. The first-order chi connectivity index (χ1) is 8.15. The van der Waals surface area contributed by atoms with Gasteiger partial charge in [-0.3, -0.25) is 4.79 Å². The van der Waals surface area contributed by atoms with E-state index in [1.54, 1.807) is 0 Å². The lowest BCUT2D eigenvalue weighted by atomic mass is 10.1. The van der Waals surface area contributed by atoms with Gasteiger partial charge >= 0.3 is 0 Å². The second-order valence-electron chi connectivity index (χ2n) is 4.97. The largest absolute Gasteiger partial charge is 0.343 e. The predicted octanol–water partition coefficient (Wildman–Crippen LogP) is 2.79. The van der Waals surface area contributed by atoms with Crippen molar-refractivity contribution in [1.29, 1.82) is 0 Å². The normalized spacial score (nSPS) is 12.5. The zero-order valence-electron chi connectivity index (χ0n) is 11.9. The van der Waals surface area contributed by atoms with E-state index in [-0.39, 0.29) is 0 Å². The molecule has 0 rings (SSSR count). The summed E-state index contributed by atoms with van der Waals surface area (Å²) in [6, 6.07) is 0. The maximum Gasteiger partial charge on any atom is 0.222 e. The molecular formula is C14H30N2O. The van der Waals surface area contributed by atoms with E-state index in [4.69, 9.17) is 5.73 Å². The van der Waals surface area contributed by atoms with Gasteiger partial charge < -0.3 is 10.6 Å². The van der Waals surface area contributed by atoms with Crippen molar-refractivity contribution in [3.8, 4) is 0 Å². The van der Waals surface area contributed by atoms with Crippen LogP contribution in [0.2, 0.25) is 0 Å². The zero-order chi connectivity index (χ0) is 13.1. The van der Waals surface area contributed by atoms with Crippen LogP contribution in [0.4, 0.5) is 0 Å². The summed E-state index contributed by atoms with van der Waals surface area (Å²) in [4.78, 5) is 14.1.